The Morgan fingerprint density at radius 1 is 1.32 bits per heavy atom. The molecule has 1 aliphatic rings. The van der Waals surface area contributed by atoms with E-state index in [1.54, 1.807) is 12.1 Å². The standard InChI is InChI=1S/C15H21NO3/c17-10-5-11-19-14-9-4-3-8-13(14)15(18)16-12-6-1-2-7-12/h3-4,8-9,12,17H,1-2,5-7,10-11H2,(H,16,18). The van der Waals surface area contributed by atoms with Crippen molar-refractivity contribution in [1.29, 1.82) is 0 Å². The van der Waals surface area contributed by atoms with Crippen LogP contribution < -0.4 is 10.1 Å². The number of ether oxygens (including phenoxy) is 1. The van der Waals surface area contributed by atoms with Crippen LogP contribution in [-0.2, 0) is 0 Å². The predicted octanol–water partition coefficient (Wildman–Crippen LogP) is 2.12. The van der Waals surface area contributed by atoms with Gasteiger partial charge in [0.25, 0.3) is 5.91 Å². The number of rotatable bonds is 6. The first-order valence-electron chi connectivity index (χ1n) is 6.95. The van der Waals surface area contributed by atoms with E-state index in [9.17, 15) is 4.79 Å². The molecule has 19 heavy (non-hydrogen) atoms. The maximum absolute atomic E-state index is 12.2. The number of hydrogen-bond acceptors (Lipinski definition) is 3. The van der Waals surface area contributed by atoms with Crippen molar-refractivity contribution in [2.45, 2.75) is 38.1 Å². The fourth-order valence-electron chi connectivity index (χ4n) is 2.36. The molecular weight excluding hydrogens is 242 g/mol. The quantitative estimate of drug-likeness (QED) is 0.773. The van der Waals surface area contributed by atoms with Gasteiger partial charge in [-0.15, -0.1) is 0 Å². The second-order valence-electron chi connectivity index (χ2n) is 4.88. The zero-order valence-corrected chi connectivity index (χ0v) is 11.1. The van der Waals surface area contributed by atoms with Crippen LogP contribution >= 0.6 is 0 Å². The van der Waals surface area contributed by atoms with Crippen LogP contribution in [0.1, 0.15) is 42.5 Å². The fraction of sp³-hybridized carbons (Fsp3) is 0.533. The molecule has 104 valence electrons. The SMILES string of the molecule is O=C(NC1CCCC1)c1ccccc1OCCCO. The molecule has 0 saturated heterocycles. The van der Waals surface area contributed by atoms with Crippen molar-refractivity contribution < 1.29 is 14.6 Å². The summed E-state index contributed by atoms with van der Waals surface area (Å²) in [4.78, 5) is 12.2. The Hall–Kier alpha value is -1.55. The Kier molecular flexibility index (Phi) is 5.21. The van der Waals surface area contributed by atoms with Crippen molar-refractivity contribution >= 4 is 5.91 Å². The molecule has 1 aliphatic carbocycles. The van der Waals surface area contributed by atoms with E-state index in [0.717, 1.165) is 12.8 Å². The molecule has 2 N–H and O–H groups in total. The molecule has 1 saturated carbocycles. The van der Waals surface area contributed by atoms with Gasteiger partial charge in [0.2, 0.25) is 0 Å². The lowest BCUT2D eigenvalue weighted by Crippen LogP contribution is -2.32. The van der Waals surface area contributed by atoms with Crippen LogP contribution in [0.4, 0.5) is 0 Å². The molecule has 0 aliphatic heterocycles. The van der Waals surface area contributed by atoms with Gasteiger partial charge in [0, 0.05) is 19.1 Å². The molecule has 0 atom stereocenters. The Labute approximate surface area is 113 Å². The minimum atomic E-state index is -0.0634. The van der Waals surface area contributed by atoms with E-state index < -0.39 is 0 Å². The van der Waals surface area contributed by atoms with Gasteiger partial charge in [0.05, 0.1) is 12.2 Å². The van der Waals surface area contributed by atoms with Crippen molar-refractivity contribution in [3.63, 3.8) is 0 Å². The van der Waals surface area contributed by atoms with E-state index in [2.05, 4.69) is 5.32 Å². The highest BCUT2D eigenvalue weighted by atomic mass is 16.5. The van der Waals surface area contributed by atoms with Crippen LogP contribution in [-0.4, -0.2) is 30.3 Å². The number of para-hydroxylation sites is 1. The topological polar surface area (TPSA) is 58.6 Å². The van der Waals surface area contributed by atoms with Gasteiger partial charge in [-0.3, -0.25) is 4.79 Å². The molecule has 1 fully saturated rings. The summed E-state index contributed by atoms with van der Waals surface area (Å²) in [7, 11) is 0. The van der Waals surface area contributed by atoms with Crippen molar-refractivity contribution in [2.75, 3.05) is 13.2 Å². The van der Waals surface area contributed by atoms with Crippen molar-refractivity contribution in [2.24, 2.45) is 0 Å². The van der Waals surface area contributed by atoms with Gasteiger partial charge in [-0.05, 0) is 25.0 Å². The Bertz CT molecular complexity index is 414. The van der Waals surface area contributed by atoms with E-state index in [-0.39, 0.29) is 12.5 Å². The van der Waals surface area contributed by atoms with Gasteiger partial charge in [0.1, 0.15) is 5.75 Å². The second kappa shape index (κ2) is 7.14. The molecule has 1 aromatic carbocycles. The fourth-order valence-corrected chi connectivity index (χ4v) is 2.36. The minimum absolute atomic E-state index is 0.0634. The van der Waals surface area contributed by atoms with Crippen LogP contribution in [0, 0.1) is 0 Å². The normalized spacial score (nSPS) is 15.4. The zero-order chi connectivity index (χ0) is 13.5. The highest BCUT2D eigenvalue weighted by Gasteiger charge is 2.19. The van der Waals surface area contributed by atoms with Crippen molar-refractivity contribution in [3.8, 4) is 5.75 Å². The van der Waals surface area contributed by atoms with Crippen LogP contribution in [0.5, 0.6) is 5.75 Å². The third-order valence-corrected chi connectivity index (χ3v) is 3.38. The van der Waals surface area contributed by atoms with Gasteiger partial charge in [-0.2, -0.15) is 0 Å². The Morgan fingerprint density at radius 3 is 2.79 bits per heavy atom. The first-order chi connectivity index (χ1) is 9.31. The van der Waals surface area contributed by atoms with Gasteiger partial charge in [-0.1, -0.05) is 25.0 Å². The van der Waals surface area contributed by atoms with Crippen LogP contribution in [0.3, 0.4) is 0 Å². The minimum Gasteiger partial charge on any atom is -0.493 e. The first-order valence-corrected chi connectivity index (χ1v) is 6.95. The highest BCUT2D eigenvalue weighted by Crippen LogP contribution is 2.21. The molecule has 0 bridgehead atoms. The van der Waals surface area contributed by atoms with E-state index >= 15 is 0 Å². The molecule has 4 nitrogen and oxygen atoms in total. The van der Waals surface area contributed by atoms with E-state index in [0.29, 0.717) is 30.4 Å². The number of aliphatic hydroxyl groups excluding tert-OH is 1. The maximum Gasteiger partial charge on any atom is 0.255 e. The number of amides is 1. The summed E-state index contributed by atoms with van der Waals surface area (Å²) >= 11 is 0. The molecule has 2 rings (SSSR count). The lowest BCUT2D eigenvalue weighted by Gasteiger charge is -2.14. The Morgan fingerprint density at radius 2 is 2.05 bits per heavy atom. The predicted molar refractivity (Wildman–Crippen MR) is 73.4 cm³/mol. The molecule has 0 spiro atoms. The van der Waals surface area contributed by atoms with Crippen LogP contribution in [0.2, 0.25) is 0 Å². The van der Waals surface area contributed by atoms with Gasteiger partial charge >= 0.3 is 0 Å². The van der Waals surface area contributed by atoms with E-state index in [1.807, 2.05) is 12.1 Å². The van der Waals surface area contributed by atoms with Gasteiger partial charge in [-0.25, -0.2) is 0 Å². The van der Waals surface area contributed by atoms with Crippen molar-refractivity contribution in [3.05, 3.63) is 29.8 Å². The molecule has 4 heteroatoms. The molecule has 1 amide bonds. The number of benzene rings is 1. The van der Waals surface area contributed by atoms with E-state index in [4.69, 9.17) is 9.84 Å². The van der Waals surface area contributed by atoms with Gasteiger partial charge in [0.15, 0.2) is 0 Å². The smallest absolute Gasteiger partial charge is 0.255 e. The van der Waals surface area contributed by atoms with Crippen molar-refractivity contribution in [1.82, 2.24) is 5.32 Å². The third kappa shape index (κ3) is 3.96. The van der Waals surface area contributed by atoms with Crippen LogP contribution in [0.25, 0.3) is 0 Å². The zero-order valence-electron chi connectivity index (χ0n) is 11.1. The number of carbonyl (C=O) groups excluding carboxylic acids is 1. The number of aliphatic hydroxyl groups is 1. The Balaban J connectivity index is 1.98. The highest BCUT2D eigenvalue weighted by molar-refractivity contribution is 5.97. The molecule has 1 aromatic rings. The average molecular weight is 263 g/mol. The second-order valence-corrected chi connectivity index (χ2v) is 4.88. The molecule has 0 heterocycles. The summed E-state index contributed by atoms with van der Waals surface area (Å²) < 4.78 is 5.54. The number of nitrogens with one attached hydrogen (secondary N) is 1. The summed E-state index contributed by atoms with van der Waals surface area (Å²) in [5.41, 5.74) is 0.576. The number of carbonyl (C=O) groups is 1. The molecule has 0 unspecified atom stereocenters. The summed E-state index contributed by atoms with van der Waals surface area (Å²) in [6.07, 6.45) is 5.09. The lowest BCUT2D eigenvalue weighted by atomic mass is 10.1. The summed E-state index contributed by atoms with van der Waals surface area (Å²) in [5, 5.41) is 11.8. The monoisotopic (exact) mass is 263 g/mol. The summed E-state index contributed by atoms with van der Waals surface area (Å²) in [5.74, 6) is 0.526. The average Bonchev–Trinajstić information content (AvgIpc) is 2.92. The van der Waals surface area contributed by atoms with Gasteiger partial charge < -0.3 is 15.2 Å². The largest absolute Gasteiger partial charge is 0.493 e. The molecule has 0 aromatic heterocycles. The number of hydrogen-bond donors (Lipinski definition) is 2. The molecule has 0 radical (unpaired) electrons. The maximum atomic E-state index is 12.2. The van der Waals surface area contributed by atoms with Crippen LogP contribution in [0.15, 0.2) is 24.3 Å². The molecular formula is C15H21NO3. The van der Waals surface area contributed by atoms with E-state index in [1.165, 1.54) is 12.8 Å². The summed E-state index contributed by atoms with van der Waals surface area (Å²) in [6.45, 7) is 0.515. The first kappa shape index (κ1) is 13.9. The third-order valence-electron chi connectivity index (χ3n) is 3.38. The summed E-state index contributed by atoms with van der Waals surface area (Å²) in [6, 6.07) is 7.56. The lowest BCUT2D eigenvalue weighted by molar-refractivity contribution is 0.0933.